The van der Waals surface area contributed by atoms with Gasteiger partial charge in [-0.15, -0.1) is 0 Å². The third-order valence-electron chi connectivity index (χ3n) is 13.7. The van der Waals surface area contributed by atoms with Gasteiger partial charge >= 0.3 is 11.4 Å². The number of hydrogen-bond donors (Lipinski definition) is 3. The van der Waals surface area contributed by atoms with E-state index in [9.17, 15) is 24.0 Å². The van der Waals surface area contributed by atoms with Gasteiger partial charge in [-0.1, -0.05) is 65.7 Å². The second-order valence-electron chi connectivity index (χ2n) is 18.5. The Morgan fingerprint density at radius 3 is 1.83 bits per heavy atom. The van der Waals surface area contributed by atoms with E-state index in [4.69, 9.17) is 28.2 Å². The van der Waals surface area contributed by atoms with E-state index in [2.05, 4.69) is 27.3 Å². The van der Waals surface area contributed by atoms with Crippen molar-refractivity contribution >= 4 is 45.6 Å². The first kappa shape index (κ1) is 49.4. The van der Waals surface area contributed by atoms with Crippen LogP contribution in [0.1, 0.15) is 17.3 Å². The predicted octanol–water partition coefficient (Wildman–Crippen LogP) is 9.35. The Kier molecular flexibility index (Phi) is 13.5. The number of pyridine rings is 2. The SMILES string of the molecule is Cn1ccn(-c2ccc(-c3cc(F)cc(-c4cc(Cn5ccn(-c6ccc(-c7cc(F)cc(-c8ccnc(N9CCS(=O)CC9)c8)c7O)cc6Cl)c5=O)nc(N5CCNC(c6ccccc6)C5)c4)c3O)cc2Cl)c1=O. The number of anilines is 2. The maximum atomic E-state index is 15.9. The lowest BCUT2D eigenvalue weighted by molar-refractivity contribution is 0.469. The fourth-order valence-corrected chi connectivity index (χ4v) is 11.4. The van der Waals surface area contributed by atoms with Gasteiger partial charge in [-0.25, -0.2) is 28.3 Å². The van der Waals surface area contributed by atoms with E-state index in [1.807, 2.05) is 23.1 Å². The molecule has 4 aromatic heterocycles. The first-order chi connectivity index (χ1) is 36.3. The maximum Gasteiger partial charge on any atom is 0.333 e. The van der Waals surface area contributed by atoms with Gasteiger partial charge in [-0.2, -0.15) is 0 Å². The number of aromatic nitrogens is 6. The van der Waals surface area contributed by atoms with Crippen molar-refractivity contribution in [2.45, 2.75) is 12.6 Å². The molecule has 0 radical (unpaired) electrons. The molecule has 75 heavy (non-hydrogen) atoms. The minimum atomic E-state index is -0.879. The van der Waals surface area contributed by atoms with E-state index in [0.29, 0.717) is 95.2 Å². The summed E-state index contributed by atoms with van der Waals surface area (Å²) >= 11 is 13.7. The number of aromatic hydroxyl groups is 2. The largest absolute Gasteiger partial charge is 0.507 e. The predicted molar refractivity (Wildman–Crippen MR) is 290 cm³/mol. The van der Waals surface area contributed by atoms with Gasteiger partial charge in [0.2, 0.25) is 0 Å². The number of phenolic OH excluding ortho intramolecular Hbond substituents is 2. The van der Waals surface area contributed by atoms with Crippen LogP contribution in [0, 0.1) is 11.6 Å². The lowest BCUT2D eigenvalue weighted by Gasteiger charge is -2.35. The van der Waals surface area contributed by atoms with Crippen molar-refractivity contribution in [2.24, 2.45) is 7.05 Å². The van der Waals surface area contributed by atoms with Gasteiger partial charge in [0, 0.05) is 121 Å². The van der Waals surface area contributed by atoms with Crippen molar-refractivity contribution < 1.29 is 23.2 Å². The van der Waals surface area contributed by atoms with Gasteiger partial charge in [-0.05, 0) is 101 Å². The molecule has 1 unspecified atom stereocenters. The number of hydrogen-bond acceptors (Lipinski definition) is 10. The Morgan fingerprint density at radius 2 is 1.23 bits per heavy atom. The highest BCUT2D eigenvalue weighted by Gasteiger charge is 2.25. The molecule has 9 aromatic rings. The van der Waals surface area contributed by atoms with Gasteiger partial charge in [0.15, 0.2) is 0 Å². The molecule has 2 aliphatic heterocycles. The van der Waals surface area contributed by atoms with E-state index in [1.165, 1.54) is 42.5 Å². The molecule has 2 saturated heterocycles. The Hall–Kier alpha value is -7.83. The van der Waals surface area contributed by atoms with Crippen molar-refractivity contribution in [2.75, 3.05) is 54.0 Å². The number of halogens is 4. The van der Waals surface area contributed by atoms with Crippen molar-refractivity contribution in [3.8, 4) is 67.4 Å². The molecule has 2 aliphatic rings. The van der Waals surface area contributed by atoms with Crippen molar-refractivity contribution in [1.29, 1.82) is 0 Å². The van der Waals surface area contributed by atoms with Crippen LogP contribution in [0.5, 0.6) is 11.5 Å². The average Bonchev–Trinajstić information content (AvgIpc) is 3.95. The highest BCUT2D eigenvalue weighted by atomic mass is 35.5. The lowest BCUT2D eigenvalue weighted by Crippen LogP contribution is -2.46. The Morgan fingerprint density at radius 1 is 0.653 bits per heavy atom. The molecule has 5 aromatic carbocycles. The van der Waals surface area contributed by atoms with Gasteiger partial charge in [0.1, 0.15) is 34.8 Å². The molecule has 11 rings (SSSR count). The van der Waals surface area contributed by atoms with Crippen molar-refractivity contribution in [3.63, 3.8) is 0 Å². The van der Waals surface area contributed by atoms with Gasteiger partial charge in [0.05, 0.1) is 33.7 Å². The van der Waals surface area contributed by atoms with E-state index >= 15 is 8.78 Å². The molecule has 0 aliphatic carbocycles. The van der Waals surface area contributed by atoms with Crippen LogP contribution in [0.25, 0.3) is 55.9 Å². The van der Waals surface area contributed by atoms with Gasteiger partial charge in [0.25, 0.3) is 0 Å². The average molecular weight is 1070 g/mol. The van der Waals surface area contributed by atoms with Gasteiger partial charge < -0.3 is 29.9 Å². The molecule has 1 atom stereocenters. The van der Waals surface area contributed by atoms with E-state index in [1.54, 1.807) is 98.7 Å². The maximum absolute atomic E-state index is 15.9. The quantitative estimate of drug-likeness (QED) is 0.114. The molecule has 3 N–H and O–H groups in total. The van der Waals surface area contributed by atoms with Crippen LogP contribution >= 0.6 is 23.2 Å². The summed E-state index contributed by atoms with van der Waals surface area (Å²) in [4.78, 5) is 40.7. The number of phenols is 2. The zero-order valence-electron chi connectivity index (χ0n) is 40.2. The molecule has 0 amide bonds. The number of aryl methyl sites for hydroxylation is 1. The van der Waals surface area contributed by atoms with Crippen molar-refractivity contribution in [1.82, 2.24) is 33.6 Å². The molecule has 0 bridgehead atoms. The number of rotatable bonds is 11. The van der Waals surface area contributed by atoms with Gasteiger partial charge in [-0.3, -0.25) is 17.9 Å². The molecule has 2 fully saturated rings. The van der Waals surface area contributed by atoms with E-state index in [0.717, 1.165) is 5.56 Å². The molecule has 380 valence electrons. The highest BCUT2D eigenvalue weighted by molar-refractivity contribution is 7.85. The summed E-state index contributed by atoms with van der Waals surface area (Å²) in [7, 11) is 0.748. The number of piperazine rings is 1. The fraction of sp³-hybridized carbons (Fsp3) is 0.179. The first-order valence-corrected chi connectivity index (χ1v) is 26.3. The smallest absolute Gasteiger partial charge is 0.333 e. The number of imidazole rings is 2. The lowest BCUT2D eigenvalue weighted by atomic mass is 9.96. The molecule has 0 saturated carbocycles. The molecular formula is C56H47Cl2F2N9O5S. The molecular weight excluding hydrogens is 1020 g/mol. The minimum Gasteiger partial charge on any atom is -0.507 e. The molecule has 6 heterocycles. The normalized spacial score (nSPS) is 15.2. The van der Waals surface area contributed by atoms with Crippen LogP contribution in [0.3, 0.4) is 0 Å². The standard InChI is InChI=1S/C56H47Cl2F2N9O5S/c1-64-15-17-68(55(64)72)49-9-7-36(24-46(49)57)43-29-40(60)31-45(54(43)71)38-23-41(63-52(27-38)66-14-13-61-48(33-66)34-5-3-2-4-6-34)32-67-16-18-69(56(67)73)50-10-8-35(25-47(50)58)42-28-39(59)30-44(53(42)70)37-11-12-62-51(26-37)65-19-21-75(74)22-20-65/h2-12,15-18,23-31,48,61,70-71H,13-14,19-22,32-33H2,1H3. The summed E-state index contributed by atoms with van der Waals surface area (Å²) in [6.45, 7) is 2.88. The monoisotopic (exact) mass is 1070 g/mol. The van der Waals surface area contributed by atoms with Crippen LogP contribution in [0.15, 0.2) is 156 Å². The summed E-state index contributed by atoms with van der Waals surface area (Å²) < 4.78 is 48.9. The summed E-state index contributed by atoms with van der Waals surface area (Å²) in [5.74, 6) is 0.642. The second kappa shape index (κ2) is 20.5. The van der Waals surface area contributed by atoms with Crippen molar-refractivity contribution in [3.05, 3.63) is 200 Å². The zero-order chi connectivity index (χ0) is 52.1. The van der Waals surface area contributed by atoms with E-state index in [-0.39, 0.29) is 62.1 Å². The third-order valence-corrected chi connectivity index (χ3v) is 15.6. The number of nitrogens with one attached hydrogen (secondary N) is 1. The molecule has 19 heteroatoms. The van der Waals surface area contributed by atoms with Crippen LogP contribution in [0.2, 0.25) is 10.0 Å². The Balaban J connectivity index is 0.919. The summed E-state index contributed by atoms with van der Waals surface area (Å²) in [6, 6.07) is 31.6. The number of benzene rings is 5. The van der Waals surface area contributed by atoms with Crippen LogP contribution < -0.4 is 26.5 Å². The molecule has 14 nitrogen and oxygen atoms in total. The van der Waals surface area contributed by atoms with Crippen LogP contribution in [-0.2, 0) is 24.4 Å². The second-order valence-corrected chi connectivity index (χ2v) is 21.0. The zero-order valence-corrected chi connectivity index (χ0v) is 42.5. The third kappa shape index (κ3) is 9.87. The minimum absolute atomic E-state index is 0.0244. The summed E-state index contributed by atoms with van der Waals surface area (Å²) in [5, 5.41) is 27.6. The summed E-state index contributed by atoms with van der Waals surface area (Å²) in [5.41, 5.74) is 4.15. The van der Waals surface area contributed by atoms with Crippen LogP contribution in [-0.4, -0.2) is 86.9 Å². The first-order valence-electron chi connectivity index (χ1n) is 24.0. The highest BCUT2D eigenvalue weighted by Crippen LogP contribution is 2.43. The fourth-order valence-electron chi connectivity index (χ4n) is 9.82. The molecule has 0 spiro atoms. The number of nitrogens with zero attached hydrogens (tertiary/aromatic N) is 8. The Bertz CT molecular complexity index is 3820. The van der Waals surface area contributed by atoms with Crippen LogP contribution in [0.4, 0.5) is 20.4 Å². The topological polar surface area (TPSA) is 156 Å². The Labute approximate surface area is 441 Å². The summed E-state index contributed by atoms with van der Waals surface area (Å²) in [6.07, 6.45) is 7.97. The van der Waals surface area contributed by atoms with E-state index < -0.39 is 28.1 Å².